The molecule has 2 heterocycles. The topological polar surface area (TPSA) is 17.3 Å². The van der Waals surface area contributed by atoms with E-state index in [0.717, 1.165) is 0 Å². The van der Waals surface area contributed by atoms with Crippen molar-refractivity contribution in [2.24, 2.45) is 0 Å². The van der Waals surface area contributed by atoms with E-state index < -0.39 is 0 Å². The molecule has 1 atom stereocenters. The zero-order valence-corrected chi connectivity index (χ0v) is 8.77. The summed E-state index contributed by atoms with van der Waals surface area (Å²) in [7, 11) is 0. The van der Waals surface area contributed by atoms with Crippen LogP contribution in [0.3, 0.4) is 0 Å². The fraction of sp³-hybridized carbons (Fsp3) is 0.417. The zero-order chi connectivity index (χ0) is 9.97. The first-order valence-corrected chi connectivity index (χ1v) is 5.23. The smallest absolute Gasteiger partial charge is 0.0991 e. The van der Waals surface area contributed by atoms with E-state index in [-0.39, 0.29) is 0 Å². The van der Waals surface area contributed by atoms with Gasteiger partial charge >= 0.3 is 0 Å². The molecule has 0 radical (unpaired) electrons. The van der Waals surface area contributed by atoms with Gasteiger partial charge in [0, 0.05) is 6.20 Å². The Kier molecular flexibility index (Phi) is 2.53. The van der Waals surface area contributed by atoms with Gasteiger partial charge in [-0.3, -0.25) is 0 Å². The molecule has 1 unspecified atom stereocenters. The summed E-state index contributed by atoms with van der Waals surface area (Å²) >= 11 is 0. The van der Waals surface area contributed by atoms with Gasteiger partial charge in [0.25, 0.3) is 0 Å². The average Bonchev–Trinajstić information content (AvgIpc) is 2.64. The summed E-state index contributed by atoms with van der Waals surface area (Å²) in [5, 5.41) is 0. The normalized spacial score (nSPS) is 13.3. The van der Waals surface area contributed by atoms with Crippen LogP contribution in [-0.4, -0.2) is 9.38 Å². The van der Waals surface area contributed by atoms with Crippen LogP contribution in [0.15, 0.2) is 30.9 Å². The zero-order valence-electron chi connectivity index (χ0n) is 8.77. The SMILES string of the molecule is CCCC(C)c1ccn2cncc2c1. The van der Waals surface area contributed by atoms with Crippen LogP contribution in [0.4, 0.5) is 0 Å². The minimum atomic E-state index is 0.653. The van der Waals surface area contributed by atoms with Gasteiger partial charge in [-0.1, -0.05) is 20.3 Å². The Bertz CT molecular complexity index is 417. The van der Waals surface area contributed by atoms with E-state index in [2.05, 4.69) is 37.2 Å². The summed E-state index contributed by atoms with van der Waals surface area (Å²) in [6.45, 7) is 4.51. The van der Waals surface area contributed by atoms with Crippen molar-refractivity contribution >= 4 is 5.52 Å². The molecule has 0 aromatic carbocycles. The highest BCUT2D eigenvalue weighted by Crippen LogP contribution is 2.21. The van der Waals surface area contributed by atoms with E-state index in [1.165, 1.54) is 23.9 Å². The lowest BCUT2D eigenvalue weighted by Gasteiger charge is -2.10. The second-order valence-electron chi connectivity index (χ2n) is 3.88. The number of imidazole rings is 1. The number of aromatic nitrogens is 2. The van der Waals surface area contributed by atoms with Crippen molar-refractivity contribution in [2.75, 3.05) is 0 Å². The molecule has 0 bridgehead atoms. The summed E-state index contributed by atoms with van der Waals surface area (Å²) in [5.41, 5.74) is 2.60. The number of rotatable bonds is 3. The van der Waals surface area contributed by atoms with Gasteiger partial charge in [0.15, 0.2) is 0 Å². The molecule has 2 aromatic heterocycles. The van der Waals surface area contributed by atoms with Crippen molar-refractivity contribution in [3.8, 4) is 0 Å². The van der Waals surface area contributed by atoms with Crippen molar-refractivity contribution in [1.82, 2.24) is 9.38 Å². The summed E-state index contributed by atoms with van der Waals surface area (Å²) in [6.07, 6.45) is 8.32. The molecule has 0 amide bonds. The minimum Gasteiger partial charge on any atom is -0.306 e. The molecule has 0 aliphatic rings. The highest BCUT2D eigenvalue weighted by atomic mass is 15.0. The van der Waals surface area contributed by atoms with Crippen LogP contribution in [0.25, 0.3) is 5.52 Å². The first-order chi connectivity index (χ1) is 6.81. The van der Waals surface area contributed by atoms with Crippen LogP contribution in [0, 0.1) is 0 Å². The van der Waals surface area contributed by atoms with Gasteiger partial charge in [-0.05, 0) is 30.0 Å². The molecule has 2 nitrogen and oxygen atoms in total. The summed E-state index contributed by atoms with van der Waals surface area (Å²) in [6, 6.07) is 4.42. The second-order valence-corrected chi connectivity index (χ2v) is 3.88. The molecule has 2 aromatic rings. The molecule has 0 spiro atoms. The molecule has 0 aliphatic carbocycles. The number of fused-ring (bicyclic) bond motifs is 1. The van der Waals surface area contributed by atoms with Crippen LogP contribution < -0.4 is 0 Å². The fourth-order valence-electron chi connectivity index (χ4n) is 1.84. The Morgan fingerprint density at radius 3 is 3.14 bits per heavy atom. The lowest BCUT2D eigenvalue weighted by atomic mass is 9.97. The highest BCUT2D eigenvalue weighted by Gasteiger charge is 2.04. The predicted octanol–water partition coefficient (Wildman–Crippen LogP) is 3.24. The fourth-order valence-corrected chi connectivity index (χ4v) is 1.84. The Balaban J connectivity index is 2.33. The van der Waals surface area contributed by atoms with Gasteiger partial charge in [-0.25, -0.2) is 4.98 Å². The molecular weight excluding hydrogens is 172 g/mol. The van der Waals surface area contributed by atoms with Crippen molar-refractivity contribution in [3.63, 3.8) is 0 Å². The lowest BCUT2D eigenvalue weighted by molar-refractivity contribution is 0.664. The molecule has 0 saturated heterocycles. The Morgan fingerprint density at radius 2 is 2.36 bits per heavy atom. The number of nitrogens with zero attached hydrogens (tertiary/aromatic N) is 2. The maximum atomic E-state index is 4.11. The Labute approximate surface area is 84.6 Å². The maximum absolute atomic E-state index is 4.11. The van der Waals surface area contributed by atoms with Gasteiger partial charge < -0.3 is 4.40 Å². The van der Waals surface area contributed by atoms with E-state index in [1.54, 1.807) is 0 Å². The summed E-state index contributed by atoms with van der Waals surface area (Å²) in [5.74, 6) is 0.653. The van der Waals surface area contributed by atoms with E-state index in [9.17, 15) is 0 Å². The van der Waals surface area contributed by atoms with Gasteiger partial charge in [0.2, 0.25) is 0 Å². The molecule has 74 valence electrons. The van der Waals surface area contributed by atoms with Crippen molar-refractivity contribution in [3.05, 3.63) is 36.4 Å². The van der Waals surface area contributed by atoms with E-state index >= 15 is 0 Å². The van der Waals surface area contributed by atoms with Gasteiger partial charge in [-0.2, -0.15) is 0 Å². The molecule has 0 aliphatic heterocycles. The lowest BCUT2D eigenvalue weighted by Crippen LogP contribution is -1.94. The highest BCUT2D eigenvalue weighted by molar-refractivity contribution is 5.47. The quantitative estimate of drug-likeness (QED) is 0.722. The van der Waals surface area contributed by atoms with Gasteiger partial charge in [0.05, 0.1) is 18.0 Å². The molecule has 2 rings (SSSR count). The van der Waals surface area contributed by atoms with Crippen LogP contribution >= 0.6 is 0 Å². The van der Waals surface area contributed by atoms with E-state index in [0.29, 0.717) is 5.92 Å². The van der Waals surface area contributed by atoms with Crippen molar-refractivity contribution in [1.29, 1.82) is 0 Å². The van der Waals surface area contributed by atoms with E-state index in [4.69, 9.17) is 0 Å². The van der Waals surface area contributed by atoms with Crippen molar-refractivity contribution in [2.45, 2.75) is 32.6 Å². The monoisotopic (exact) mass is 188 g/mol. The predicted molar refractivity (Wildman–Crippen MR) is 58.5 cm³/mol. The third-order valence-corrected chi connectivity index (χ3v) is 2.73. The molecule has 0 fully saturated rings. The van der Waals surface area contributed by atoms with E-state index in [1.807, 2.05) is 16.9 Å². The first-order valence-electron chi connectivity index (χ1n) is 5.23. The first kappa shape index (κ1) is 9.25. The molecular formula is C12H16N2. The minimum absolute atomic E-state index is 0.653. The van der Waals surface area contributed by atoms with Gasteiger partial charge in [0.1, 0.15) is 0 Å². The van der Waals surface area contributed by atoms with Crippen LogP contribution in [0.1, 0.15) is 38.2 Å². The van der Waals surface area contributed by atoms with Crippen LogP contribution in [-0.2, 0) is 0 Å². The molecule has 2 heteroatoms. The number of hydrogen-bond donors (Lipinski definition) is 0. The van der Waals surface area contributed by atoms with Crippen LogP contribution in [0.5, 0.6) is 0 Å². The molecule has 14 heavy (non-hydrogen) atoms. The Morgan fingerprint density at radius 1 is 1.50 bits per heavy atom. The number of hydrogen-bond acceptors (Lipinski definition) is 1. The van der Waals surface area contributed by atoms with Gasteiger partial charge in [-0.15, -0.1) is 0 Å². The average molecular weight is 188 g/mol. The standard InChI is InChI=1S/C12H16N2/c1-3-4-10(2)11-5-6-14-9-13-8-12(14)7-11/h5-10H,3-4H2,1-2H3. The van der Waals surface area contributed by atoms with Crippen LogP contribution in [0.2, 0.25) is 0 Å². The third kappa shape index (κ3) is 1.65. The van der Waals surface area contributed by atoms with Crippen molar-refractivity contribution < 1.29 is 0 Å². The largest absolute Gasteiger partial charge is 0.306 e. The third-order valence-electron chi connectivity index (χ3n) is 2.73. The molecule has 0 saturated carbocycles. The summed E-state index contributed by atoms with van der Waals surface area (Å²) < 4.78 is 2.04. The Hall–Kier alpha value is -1.31. The summed E-state index contributed by atoms with van der Waals surface area (Å²) in [4.78, 5) is 4.11. The maximum Gasteiger partial charge on any atom is 0.0991 e. The number of pyridine rings is 1. The molecule has 0 N–H and O–H groups in total. The second kappa shape index (κ2) is 3.82.